The molecular weight excluding hydrogens is 668 g/mol. The summed E-state index contributed by atoms with van der Waals surface area (Å²) in [7, 11) is 0. The van der Waals surface area contributed by atoms with E-state index in [1.807, 2.05) is 121 Å². The summed E-state index contributed by atoms with van der Waals surface area (Å²) in [5.74, 6) is 0. The summed E-state index contributed by atoms with van der Waals surface area (Å²) >= 11 is 0. The lowest BCUT2D eigenvalue weighted by Crippen LogP contribution is -2.76. The van der Waals surface area contributed by atoms with Gasteiger partial charge in [0.15, 0.2) is 6.29 Å². The molecule has 0 spiro atoms. The minimum atomic E-state index is -1.14. The second-order valence-corrected chi connectivity index (χ2v) is 13.5. The summed E-state index contributed by atoms with van der Waals surface area (Å²) in [6.07, 6.45) is -9.63. The van der Waals surface area contributed by atoms with Crippen molar-refractivity contribution in [2.75, 3.05) is 6.61 Å². The minimum Gasteiger partial charge on any atom is -0.387 e. The fourth-order valence-electron chi connectivity index (χ4n) is 7.28. The number of ether oxygens (including phenoxy) is 9. The first kappa shape index (κ1) is 35.5. The van der Waals surface area contributed by atoms with Gasteiger partial charge in [-0.05, 0) is 22.3 Å². The highest BCUT2D eigenvalue weighted by Crippen LogP contribution is 2.43. The molecule has 0 radical (unpaired) electrons. The van der Waals surface area contributed by atoms with Gasteiger partial charge in [0.1, 0.15) is 61.0 Å². The molecule has 0 aromatic heterocycles. The van der Waals surface area contributed by atoms with Crippen LogP contribution in [0, 0.1) is 0 Å². The van der Waals surface area contributed by atoms with Crippen LogP contribution in [0.4, 0.5) is 0 Å². The van der Waals surface area contributed by atoms with Gasteiger partial charge in [-0.3, -0.25) is 0 Å². The highest BCUT2D eigenvalue weighted by molar-refractivity contribution is 5.17. The molecule has 3 unspecified atom stereocenters. The lowest BCUT2D eigenvalue weighted by atomic mass is 9.82. The predicted octanol–water partition coefficient (Wildman–Crippen LogP) is 4.27. The maximum atomic E-state index is 11.1. The van der Waals surface area contributed by atoms with Gasteiger partial charge in [-0.15, -0.1) is 0 Å². The molecule has 4 aromatic rings. The zero-order chi connectivity index (χ0) is 35.3. The van der Waals surface area contributed by atoms with Crippen molar-refractivity contribution in [3.05, 3.63) is 144 Å². The average Bonchev–Trinajstić information content (AvgIpc) is 3.19. The third kappa shape index (κ3) is 8.01. The van der Waals surface area contributed by atoms with E-state index in [9.17, 15) is 10.2 Å². The smallest absolute Gasteiger partial charge is 0.272 e. The molecule has 4 aromatic carbocycles. The largest absolute Gasteiger partial charge is 0.387 e. The molecule has 4 heterocycles. The number of aliphatic hydroxyl groups excluding tert-OH is 2. The van der Waals surface area contributed by atoms with Crippen molar-refractivity contribution in [1.29, 1.82) is 0 Å². The number of rotatable bonds is 15. The lowest BCUT2D eigenvalue weighted by molar-refractivity contribution is -0.492. The SMILES string of the molecule is O[C@@H]1C2OC3O[C@@H]1C(O[C@H]1O[C@H](COCc4ccccc4)[C@@H](OCc4ccccc4)[C@H](OCc4ccccc4)[C@@H]1OCc1ccccc1)[C@H](O3)[C@@H]2O. The van der Waals surface area contributed by atoms with Crippen LogP contribution in [-0.4, -0.2) is 90.6 Å². The average molecular weight is 713 g/mol. The molecule has 4 bridgehead atoms. The highest BCUT2D eigenvalue weighted by Gasteiger charge is 2.63. The monoisotopic (exact) mass is 712 g/mol. The van der Waals surface area contributed by atoms with Crippen molar-refractivity contribution in [3.63, 3.8) is 0 Å². The van der Waals surface area contributed by atoms with Crippen LogP contribution in [0.25, 0.3) is 0 Å². The molecule has 5 fully saturated rings. The van der Waals surface area contributed by atoms with Crippen LogP contribution >= 0.6 is 0 Å². The maximum absolute atomic E-state index is 11.1. The van der Waals surface area contributed by atoms with Crippen LogP contribution in [0.3, 0.4) is 0 Å². The minimum absolute atomic E-state index is 0.151. The van der Waals surface area contributed by atoms with Gasteiger partial charge in [0.25, 0.3) is 6.48 Å². The Balaban J connectivity index is 1.12. The van der Waals surface area contributed by atoms with E-state index >= 15 is 0 Å². The Morgan fingerprint density at radius 1 is 0.442 bits per heavy atom. The summed E-state index contributed by atoms with van der Waals surface area (Å²) in [6.45, 7) is 0.303. The lowest BCUT2D eigenvalue weighted by Gasteiger charge is -2.57. The van der Waals surface area contributed by atoms with Gasteiger partial charge in [-0.2, -0.15) is 0 Å². The zero-order valence-corrected chi connectivity index (χ0v) is 28.6. The van der Waals surface area contributed by atoms with Gasteiger partial charge in [-0.25, -0.2) is 0 Å². The molecular formula is C41H44O11. The molecule has 2 N–H and O–H groups in total. The molecule has 52 heavy (non-hydrogen) atoms. The normalized spacial score (nSPS) is 33.7. The maximum Gasteiger partial charge on any atom is 0.272 e. The molecule has 4 aliphatic heterocycles. The summed E-state index contributed by atoms with van der Waals surface area (Å²) in [4.78, 5) is 0. The van der Waals surface area contributed by atoms with E-state index in [0.717, 1.165) is 22.3 Å². The van der Waals surface area contributed by atoms with Crippen molar-refractivity contribution in [2.24, 2.45) is 0 Å². The molecule has 9 rings (SSSR count). The van der Waals surface area contributed by atoms with Gasteiger partial charge in [-0.1, -0.05) is 121 Å². The standard InChI is InChI=1S/C41H44O11/c42-31-34-32(43)36-38(35(31)51-41(50-34)52-36)49-40-39(47-24-29-19-11-4-12-20-29)37(46-23-28-17-9-3-10-18-28)33(45-22-27-15-7-2-8-16-27)30(48-40)25-44-21-26-13-5-1-6-14-26/h1-20,30-43H,21-25H2/t30-,31-,32-,33-,34?,35-,36+,37+,38?,39+,40-,41?/m1/s1. The number of aliphatic hydroxyl groups is 2. The highest BCUT2D eigenvalue weighted by atomic mass is 16.9. The van der Waals surface area contributed by atoms with Gasteiger partial charge in [0.05, 0.1) is 33.0 Å². The Kier molecular flexibility index (Phi) is 11.3. The molecule has 12 atom stereocenters. The zero-order valence-electron chi connectivity index (χ0n) is 28.6. The molecule has 0 amide bonds. The van der Waals surface area contributed by atoms with E-state index < -0.39 is 73.8 Å². The van der Waals surface area contributed by atoms with Crippen molar-refractivity contribution in [3.8, 4) is 0 Å². The van der Waals surface area contributed by atoms with Crippen LogP contribution in [-0.2, 0) is 69.1 Å². The van der Waals surface area contributed by atoms with Crippen molar-refractivity contribution < 1.29 is 52.8 Å². The molecule has 11 heteroatoms. The van der Waals surface area contributed by atoms with E-state index in [1.54, 1.807) is 0 Å². The van der Waals surface area contributed by atoms with Crippen LogP contribution < -0.4 is 0 Å². The fraction of sp³-hybridized carbons (Fsp3) is 0.415. The molecule has 274 valence electrons. The molecule has 4 saturated heterocycles. The Bertz CT molecular complexity index is 1650. The number of hydrogen-bond donors (Lipinski definition) is 2. The van der Waals surface area contributed by atoms with Crippen LogP contribution in [0.2, 0.25) is 0 Å². The van der Waals surface area contributed by atoms with Gasteiger partial charge < -0.3 is 52.8 Å². The predicted molar refractivity (Wildman–Crippen MR) is 185 cm³/mol. The molecule has 1 saturated carbocycles. The van der Waals surface area contributed by atoms with Gasteiger partial charge in [0, 0.05) is 0 Å². The van der Waals surface area contributed by atoms with Crippen LogP contribution in [0.15, 0.2) is 121 Å². The Hall–Kier alpha value is -3.56. The van der Waals surface area contributed by atoms with E-state index in [0.29, 0.717) is 13.2 Å². The Morgan fingerprint density at radius 2 is 0.865 bits per heavy atom. The second kappa shape index (κ2) is 16.6. The fourth-order valence-corrected chi connectivity index (χ4v) is 7.28. The van der Waals surface area contributed by atoms with E-state index in [4.69, 9.17) is 42.6 Å². The molecule has 11 nitrogen and oxygen atoms in total. The summed E-state index contributed by atoms with van der Waals surface area (Å²) < 4.78 is 57.4. The number of hydrogen-bond acceptors (Lipinski definition) is 11. The Labute approximate surface area is 302 Å². The second-order valence-electron chi connectivity index (χ2n) is 13.5. The van der Waals surface area contributed by atoms with E-state index in [1.165, 1.54) is 0 Å². The topological polar surface area (TPSA) is 124 Å². The van der Waals surface area contributed by atoms with Gasteiger partial charge >= 0.3 is 0 Å². The van der Waals surface area contributed by atoms with E-state index in [-0.39, 0.29) is 19.8 Å². The first-order valence-corrected chi connectivity index (χ1v) is 17.8. The quantitative estimate of drug-likeness (QED) is 0.184. The van der Waals surface area contributed by atoms with Crippen molar-refractivity contribution in [1.82, 2.24) is 0 Å². The third-order valence-corrected chi connectivity index (χ3v) is 9.93. The third-order valence-electron chi connectivity index (χ3n) is 9.93. The molecule has 5 aliphatic rings. The summed E-state index contributed by atoms with van der Waals surface area (Å²) in [5, 5.41) is 22.2. The first-order chi connectivity index (χ1) is 25.6. The number of benzene rings is 4. The summed E-state index contributed by atoms with van der Waals surface area (Å²) in [6, 6.07) is 39.5. The van der Waals surface area contributed by atoms with Gasteiger partial charge in [0.2, 0.25) is 0 Å². The summed E-state index contributed by atoms with van der Waals surface area (Å²) in [5.41, 5.74) is 3.92. The molecule has 1 aliphatic carbocycles. The van der Waals surface area contributed by atoms with Crippen LogP contribution in [0.1, 0.15) is 22.3 Å². The van der Waals surface area contributed by atoms with Crippen molar-refractivity contribution >= 4 is 0 Å². The van der Waals surface area contributed by atoms with Crippen molar-refractivity contribution in [2.45, 2.75) is 100 Å². The van der Waals surface area contributed by atoms with Crippen LogP contribution in [0.5, 0.6) is 0 Å². The first-order valence-electron chi connectivity index (χ1n) is 17.8. The Morgan fingerprint density at radius 3 is 1.37 bits per heavy atom. The van der Waals surface area contributed by atoms with E-state index in [2.05, 4.69) is 0 Å².